The molecule has 132 valence electrons. The van der Waals surface area contributed by atoms with E-state index in [1.165, 1.54) is 13.2 Å². The molecular formula is C19H16N2O5. The number of anilines is 1. The number of nitrogens with zero attached hydrogens (tertiary/aromatic N) is 1. The summed E-state index contributed by atoms with van der Waals surface area (Å²) < 4.78 is 5.06. The number of ether oxygens (including phenoxy) is 1. The van der Waals surface area contributed by atoms with Crippen molar-refractivity contribution in [3.63, 3.8) is 0 Å². The molecule has 0 bridgehead atoms. The number of hydrogen-bond donors (Lipinski definition) is 4. The van der Waals surface area contributed by atoms with Gasteiger partial charge >= 0.3 is 5.97 Å². The number of carboxylic acid groups (broad SMARTS) is 1. The van der Waals surface area contributed by atoms with Gasteiger partial charge in [0.1, 0.15) is 11.1 Å². The third-order valence-corrected chi connectivity index (χ3v) is 3.88. The molecule has 0 aliphatic rings. The van der Waals surface area contributed by atoms with Crippen molar-refractivity contribution in [1.29, 1.82) is 0 Å². The molecule has 7 nitrogen and oxygen atoms in total. The normalized spacial score (nSPS) is 11.1. The Balaban J connectivity index is 2.01. The van der Waals surface area contributed by atoms with E-state index in [4.69, 9.17) is 15.6 Å². The van der Waals surface area contributed by atoms with Crippen LogP contribution in [0.15, 0.2) is 36.4 Å². The van der Waals surface area contributed by atoms with Crippen LogP contribution in [0.2, 0.25) is 0 Å². The minimum Gasteiger partial charge on any atom is -0.505 e. The number of phenols is 2. The minimum atomic E-state index is -1.22. The smallest absolute Gasteiger partial charge is 0.339 e. The molecule has 0 atom stereocenters. The molecule has 0 unspecified atom stereocenters. The molecule has 1 aromatic heterocycles. The highest BCUT2D eigenvalue weighted by Crippen LogP contribution is 2.34. The molecular weight excluding hydrogens is 336 g/mol. The molecule has 0 radical (unpaired) electrons. The Morgan fingerprint density at radius 2 is 1.85 bits per heavy atom. The van der Waals surface area contributed by atoms with Crippen LogP contribution >= 0.6 is 0 Å². The van der Waals surface area contributed by atoms with Gasteiger partial charge in [0.15, 0.2) is 17.2 Å². The molecule has 0 spiro atoms. The zero-order valence-corrected chi connectivity index (χ0v) is 13.8. The standard InChI is InChI=1S/C19H16N2O5/c1-26-15-9-10(8-14(20)18(15)23)2-5-12-6-3-11-4-7-13(19(24)25)17(22)16(11)21-12/h2-9,22-23H,20H2,1H3,(H,24,25). The summed E-state index contributed by atoms with van der Waals surface area (Å²) in [7, 11) is 1.43. The SMILES string of the molecule is COc1cc(C=Cc2ccc3ccc(C(=O)O)c(O)c3n2)cc(N)c1O. The summed E-state index contributed by atoms with van der Waals surface area (Å²) in [5, 5.41) is 29.6. The number of aromatic hydroxyl groups is 2. The molecule has 2 aromatic carbocycles. The molecule has 0 fully saturated rings. The zero-order valence-electron chi connectivity index (χ0n) is 13.8. The number of fused-ring (bicyclic) bond motifs is 1. The quantitative estimate of drug-likeness (QED) is 0.420. The fourth-order valence-electron chi connectivity index (χ4n) is 2.54. The van der Waals surface area contributed by atoms with Crippen molar-refractivity contribution < 1.29 is 24.9 Å². The van der Waals surface area contributed by atoms with Gasteiger partial charge in [0, 0.05) is 5.39 Å². The molecule has 0 saturated carbocycles. The Morgan fingerprint density at radius 1 is 1.12 bits per heavy atom. The van der Waals surface area contributed by atoms with E-state index in [2.05, 4.69) is 4.98 Å². The first kappa shape index (κ1) is 17.1. The number of carboxylic acids is 1. The van der Waals surface area contributed by atoms with Gasteiger partial charge in [0.2, 0.25) is 0 Å². The number of nitrogens with two attached hydrogens (primary N) is 1. The van der Waals surface area contributed by atoms with Crippen LogP contribution in [0.4, 0.5) is 5.69 Å². The maximum Gasteiger partial charge on any atom is 0.339 e. The van der Waals surface area contributed by atoms with Gasteiger partial charge in [-0.05, 0) is 35.9 Å². The van der Waals surface area contributed by atoms with Gasteiger partial charge in [-0.25, -0.2) is 9.78 Å². The summed E-state index contributed by atoms with van der Waals surface area (Å²) >= 11 is 0. The van der Waals surface area contributed by atoms with Gasteiger partial charge < -0.3 is 25.8 Å². The monoisotopic (exact) mass is 352 g/mol. The molecule has 0 aliphatic carbocycles. The molecule has 5 N–H and O–H groups in total. The number of nitrogen functional groups attached to an aromatic ring is 1. The Morgan fingerprint density at radius 3 is 2.54 bits per heavy atom. The molecule has 3 aromatic rings. The lowest BCUT2D eigenvalue weighted by Crippen LogP contribution is -1.97. The van der Waals surface area contributed by atoms with Crippen LogP contribution in [0.3, 0.4) is 0 Å². The number of phenolic OH excluding ortho intramolecular Hbond substituents is 1. The zero-order chi connectivity index (χ0) is 18.8. The van der Waals surface area contributed by atoms with Crippen LogP contribution in [0.25, 0.3) is 23.1 Å². The summed E-state index contributed by atoms with van der Waals surface area (Å²) in [6.45, 7) is 0. The number of rotatable bonds is 4. The predicted molar refractivity (Wildman–Crippen MR) is 98.4 cm³/mol. The number of benzene rings is 2. The molecule has 0 saturated heterocycles. The van der Waals surface area contributed by atoms with E-state index in [0.717, 1.165) is 0 Å². The van der Waals surface area contributed by atoms with E-state index in [0.29, 0.717) is 16.6 Å². The lowest BCUT2D eigenvalue weighted by molar-refractivity contribution is 0.0694. The van der Waals surface area contributed by atoms with Crippen molar-refractivity contribution in [1.82, 2.24) is 4.98 Å². The number of aromatic nitrogens is 1. The first-order chi connectivity index (χ1) is 12.4. The van der Waals surface area contributed by atoms with Gasteiger partial charge in [-0.3, -0.25) is 0 Å². The summed E-state index contributed by atoms with van der Waals surface area (Å²) in [4.78, 5) is 15.4. The number of pyridine rings is 1. The minimum absolute atomic E-state index is 0.125. The maximum atomic E-state index is 11.1. The molecule has 3 rings (SSSR count). The largest absolute Gasteiger partial charge is 0.505 e. The number of aromatic carboxylic acids is 1. The topological polar surface area (TPSA) is 126 Å². The van der Waals surface area contributed by atoms with Crippen molar-refractivity contribution in [3.8, 4) is 17.2 Å². The van der Waals surface area contributed by atoms with E-state index in [-0.39, 0.29) is 34.0 Å². The van der Waals surface area contributed by atoms with Gasteiger partial charge in [-0.2, -0.15) is 0 Å². The fourth-order valence-corrected chi connectivity index (χ4v) is 2.54. The molecule has 0 amide bonds. The van der Waals surface area contributed by atoms with Gasteiger partial charge in [0.25, 0.3) is 0 Å². The summed E-state index contributed by atoms with van der Waals surface area (Å²) in [5.41, 5.74) is 7.11. The van der Waals surface area contributed by atoms with Crippen molar-refractivity contribution in [2.45, 2.75) is 0 Å². The predicted octanol–water partition coefficient (Wildman–Crippen LogP) is 3.11. The Hall–Kier alpha value is -3.74. The Labute approximate surface area is 148 Å². The molecule has 0 aliphatic heterocycles. The lowest BCUT2D eigenvalue weighted by Gasteiger charge is -2.07. The van der Waals surface area contributed by atoms with E-state index in [9.17, 15) is 15.0 Å². The molecule has 1 heterocycles. The average molecular weight is 352 g/mol. The van der Waals surface area contributed by atoms with E-state index in [1.54, 1.807) is 42.5 Å². The molecule has 26 heavy (non-hydrogen) atoms. The summed E-state index contributed by atoms with van der Waals surface area (Å²) in [5.74, 6) is -1.47. The highest BCUT2D eigenvalue weighted by atomic mass is 16.5. The number of methoxy groups -OCH3 is 1. The molecule has 7 heteroatoms. The van der Waals surface area contributed by atoms with E-state index < -0.39 is 5.97 Å². The van der Waals surface area contributed by atoms with Gasteiger partial charge in [0.05, 0.1) is 18.5 Å². The van der Waals surface area contributed by atoms with Crippen molar-refractivity contribution in [3.05, 3.63) is 53.2 Å². The summed E-state index contributed by atoms with van der Waals surface area (Å²) in [6, 6.07) is 9.59. The summed E-state index contributed by atoms with van der Waals surface area (Å²) in [6.07, 6.45) is 3.39. The van der Waals surface area contributed by atoms with Crippen LogP contribution in [0, 0.1) is 0 Å². The second kappa shape index (κ2) is 6.64. The third kappa shape index (κ3) is 3.10. The van der Waals surface area contributed by atoms with Crippen LogP contribution in [-0.4, -0.2) is 33.4 Å². The van der Waals surface area contributed by atoms with E-state index in [1.807, 2.05) is 0 Å². The first-order valence-corrected chi connectivity index (χ1v) is 7.61. The van der Waals surface area contributed by atoms with Gasteiger partial charge in [-0.15, -0.1) is 0 Å². The van der Waals surface area contributed by atoms with Crippen LogP contribution in [-0.2, 0) is 0 Å². The second-order valence-electron chi connectivity index (χ2n) is 5.57. The number of carbonyl (C=O) groups is 1. The first-order valence-electron chi connectivity index (χ1n) is 7.61. The number of hydrogen-bond acceptors (Lipinski definition) is 6. The maximum absolute atomic E-state index is 11.1. The van der Waals surface area contributed by atoms with Crippen LogP contribution in [0.1, 0.15) is 21.6 Å². The fraction of sp³-hybridized carbons (Fsp3) is 0.0526. The van der Waals surface area contributed by atoms with Gasteiger partial charge in [-0.1, -0.05) is 18.2 Å². The highest BCUT2D eigenvalue weighted by Gasteiger charge is 2.13. The van der Waals surface area contributed by atoms with Crippen LogP contribution in [0.5, 0.6) is 17.2 Å². The van der Waals surface area contributed by atoms with Crippen molar-refractivity contribution in [2.24, 2.45) is 0 Å². The van der Waals surface area contributed by atoms with E-state index >= 15 is 0 Å². The second-order valence-corrected chi connectivity index (χ2v) is 5.57. The third-order valence-electron chi connectivity index (χ3n) is 3.88. The van der Waals surface area contributed by atoms with Crippen molar-refractivity contribution in [2.75, 3.05) is 12.8 Å². The van der Waals surface area contributed by atoms with Crippen molar-refractivity contribution >= 4 is 34.7 Å². The van der Waals surface area contributed by atoms with Crippen LogP contribution < -0.4 is 10.5 Å². The highest BCUT2D eigenvalue weighted by molar-refractivity contribution is 5.99. The Kier molecular flexibility index (Phi) is 4.36. The Bertz CT molecular complexity index is 1040. The average Bonchev–Trinajstić information content (AvgIpc) is 2.62. The lowest BCUT2D eigenvalue weighted by atomic mass is 10.1.